The summed E-state index contributed by atoms with van der Waals surface area (Å²) in [5.74, 6) is -1.07. The Morgan fingerprint density at radius 1 is 1.56 bits per heavy atom. The van der Waals surface area contributed by atoms with Crippen molar-refractivity contribution in [2.75, 3.05) is 6.61 Å². The van der Waals surface area contributed by atoms with Gasteiger partial charge in [0, 0.05) is 6.92 Å². The van der Waals surface area contributed by atoms with Crippen molar-refractivity contribution in [3.63, 3.8) is 0 Å². The summed E-state index contributed by atoms with van der Waals surface area (Å²) in [5.41, 5.74) is -3.01. The van der Waals surface area contributed by atoms with Crippen LogP contribution in [0, 0.1) is 0 Å². The molecule has 8 nitrogen and oxygen atoms in total. The van der Waals surface area contributed by atoms with Gasteiger partial charge in [-0.05, 0) is 0 Å². The van der Waals surface area contributed by atoms with Crippen LogP contribution < -0.4 is 5.31 Å². The molecular weight excluding hydrogens is 222 g/mol. The number of carbonyl (C=O) groups excluding carboxylic acids is 2. The lowest BCUT2D eigenvalue weighted by atomic mass is 9.99. The molecule has 0 heterocycles. The van der Waals surface area contributed by atoms with Crippen molar-refractivity contribution in [2.45, 2.75) is 31.0 Å². The minimum atomic E-state index is -3.01. The van der Waals surface area contributed by atoms with Crippen molar-refractivity contribution in [2.24, 2.45) is 0 Å². The Labute approximate surface area is 92.6 Å². The van der Waals surface area contributed by atoms with Crippen LogP contribution >= 0.6 is 0 Å². The minimum Gasteiger partial charge on any atom is -0.394 e. The predicted molar refractivity (Wildman–Crippen MR) is 49.9 cm³/mol. The third-order valence-corrected chi connectivity index (χ3v) is 1.85. The van der Waals surface area contributed by atoms with Gasteiger partial charge in [-0.25, -0.2) is 0 Å². The zero-order valence-corrected chi connectivity index (χ0v) is 8.52. The molecule has 0 aromatic carbocycles. The van der Waals surface area contributed by atoms with Gasteiger partial charge in [0.2, 0.25) is 11.6 Å². The quantitative estimate of drug-likeness (QED) is 0.204. The smallest absolute Gasteiger partial charge is 0.224 e. The summed E-state index contributed by atoms with van der Waals surface area (Å²) in [4.78, 5) is 21.5. The van der Waals surface area contributed by atoms with Crippen molar-refractivity contribution >= 4 is 12.2 Å². The first-order valence-corrected chi connectivity index (χ1v) is 4.35. The summed E-state index contributed by atoms with van der Waals surface area (Å²) < 4.78 is 7.09. The maximum absolute atomic E-state index is 10.8. The Balaban J connectivity index is 5.10. The highest BCUT2D eigenvalue weighted by Gasteiger charge is 2.43. The molecule has 94 valence electrons. The van der Waals surface area contributed by atoms with Gasteiger partial charge in [0.15, 0.2) is 7.70 Å². The van der Waals surface area contributed by atoms with Gasteiger partial charge in [-0.15, -0.1) is 0 Å². The van der Waals surface area contributed by atoms with Crippen molar-refractivity contribution < 1.29 is 36.5 Å². The molecule has 0 unspecified atom stereocenters. The van der Waals surface area contributed by atoms with E-state index in [4.69, 9.17) is 11.6 Å². The number of nitrogens with one attached hydrogen (secondary N) is 1. The van der Waals surface area contributed by atoms with Gasteiger partial charge in [-0.1, -0.05) is 0 Å². The van der Waals surface area contributed by atoms with Gasteiger partial charge in [-0.2, -0.15) is 0 Å². The number of hydrogen-bond donors (Lipinski definition) is 6. The number of rotatable bonds is 6. The average molecular weight is 238 g/mol. The van der Waals surface area contributed by atoms with Crippen LogP contribution in [-0.2, 0) is 9.59 Å². The summed E-state index contributed by atoms with van der Waals surface area (Å²) >= 11 is 0. The van der Waals surface area contributed by atoms with E-state index < -0.39 is 36.6 Å². The van der Waals surface area contributed by atoms with Gasteiger partial charge in [-0.3, -0.25) is 9.59 Å². The van der Waals surface area contributed by atoms with Crippen molar-refractivity contribution in [3.05, 3.63) is 0 Å². The van der Waals surface area contributed by atoms with Crippen molar-refractivity contribution in [3.8, 4) is 0 Å². The lowest BCUT2D eigenvalue weighted by molar-refractivity contribution is -0.176. The molecule has 6 N–H and O–H groups in total. The Hall–Kier alpha value is -1.06. The highest BCUT2D eigenvalue weighted by molar-refractivity contribution is 5.79. The molecule has 8 heteroatoms. The molecule has 0 rings (SSSR count). The van der Waals surface area contributed by atoms with E-state index in [2.05, 4.69) is 0 Å². The van der Waals surface area contributed by atoms with Gasteiger partial charge < -0.3 is 30.8 Å². The van der Waals surface area contributed by atoms with E-state index in [1.165, 1.54) is 0 Å². The molecule has 16 heavy (non-hydrogen) atoms. The van der Waals surface area contributed by atoms with E-state index in [0.717, 1.165) is 6.92 Å². The molecule has 4 atom stereocenters. The van der Waals surface area contributed by atoms with E-state index in [0.29, 0.717) is 0 Å². The first-order chi connectivity index (χ1) is 7.72. The van der Waals surface area contributed by atoms with Crippen LogP contribution in [0.4, 0.5) is 0 Å². The maximum atomic E-state index is 10.8. The number of aldehydes is 1. The first kappa shape index (κ1) is 13.0. The molecule has 0 saturated carbocycles. The summed E-state index contributed by atoms with van der Waals surface area (Å²) in [6.07, 6.45) is -6.61. The molecule has 0 aromatic rings. The van der Waals surface area contributed by atoms with E-state index in [-0.39, 0.29) is 11.6 Å². The highest BCUT2D eigenvalue weighted by Crippen LogP contribution is 2.11. The van der Waals surface area contributed by atoms with E-state index >= 15 is 0 Å². The summed E-state index contributed by atoms with van der Waals surface area (Å²) in [5, 5.41) is 45.6. The molecule has 0 spiro atoms. The van der Waals surface area contributed by atoms with Crippen molar-refractivity contribution in [1.29, 1.82) is 0 Å². The van der Waals surface area contributed by atoms with Crippen LogP contribution in [0.25, 0.3) is 0 Å². The largest absolute Gasteiger partial charge is 0.394 e. The topological polar surface area (TPSA) is 147 Å². The molecule has 0 aliphatic carbocycles. The average Bonchev–Trinajstić information content (AvgIpc) is 2.33. The summed E-state index contributed by atoms with van der Waals surface area (Å²) in [7, 11) is 0. The van der Waals surface area contributed by atoms with Gasteiger partial charge in [0.25, 0.3) is 0 Å². The molecule has 0 saturated heterocycles. The number of carbonyl (C=O) groups is 2. The van der Waals surface area contributed by atoms with Crippen LogP contribution in [0.1, 0.15) is 6.92 Å². The van der Waals surface area contributed by atoms with E-state index in [1.807, 2.05) is 0 Å². The minimum absolute atomic E-state index is 0.238. The molecule has 0 aliphatic heterocycles. The second-order valence-corrected chi connectivity index (χ2v) is 3.22. The SMILES string of the molecule is [2H]N(C(C)=O)[C@](O)(C=O)[C@@H](O)[C@H](O)[C@H](O)CO. The van der Waals surface area contributed by atoms with Gasteiger partial charge in [0.1, 0.15) is 18.3 Å². The number of amides is 1. The second-order valence-electron chi connectivity index (χ2n) is 3.22. The third-order valence-electron chi connectivity index (χ3n) is 1.85. The predicted octanol–water partition coefficient (Wildman–Crippen LogP) is -3.91. The molecule has 0 aromatic heterocycles. The lowest BCUT2D eigenvalue weighted by Crippen LogP contribution is -2.63. The summed E-state index contributed by atoms with van der Waals surface area (Å²) in [6, 6.07) is 0. The normalized spacial score (nSPS) is 21.2. The van der Waals surface area contributed by atoms with Crippen LogP contribution in [0.2, 0.25) is 1.41 Å². The van der Waals surface area contributed by atoms with E-state index in [9.17, 15) is 24.9 Å². The van der Waals surface area contributed by atoms with Crippen LogP contribution in [0.15, 0.2) is 0 Å². The zero-order valence-electron chi connectivity index (χ0n) is 9.52. The Bertz CT molecular complexity index is 289. The van der Waals surface area contributed by atoms with Crippen molar-refractivity contribution in [1.82, 2.24) is 5.31 Å². The Morgan fingerprint density at radius 2 is 2.06 bits per heavy atom. The summed E-state index contributed by atoms with van der Waals surface area (Å²) in [6.45, 7) is -0.0890. The van der Waals surface area contributed by atoms with Crippen LogP contribution in [0.5, 0.6) is 0 Å². The number of hydrogen-bond acceptors (Lipinski definition) is 7. The van der Waals surface area contributed by atoms with Crippen LogP contribution in [-0.4, -0.2) is 68.4 Å². The second kappa shape index (κ2) is 5.87. The fourth-order valence-electron chi connectivity index (χ4n) is 0.984. The number of aliphatic hydroxyl groups excluding tert-OH is 4. The molecule has 1 amide bonds. The maximum Gasteiger partial charge on any atom is 0.224 e. The van der Waals surface area contributed by atoms with Gasteiger partial charge >= 0.3 is 0 Å². The molecule has 0 fully saturated rings. The molecule has 0 aliphatic rings. The molecular formula is C8H15NO7. The third kappa shape index (κ3) is 3.51. The lowest BCUT2D eigenvalue weighted by Gasteiger charge is -2.32. The fraction of sp³-hybridized carbons (Fsp3) is 0.750. The fourth-order valence-corrected chi connectivity index (χ4v) is 0.984. The highest BCUT2D eigenvalue weighted by atomic mass is 16.4. The molecule has 0 bridgehead atoms. The number of aliphatic hydroxyl groups is 5. The van der Waals surface area contributed by atoms with E-state index in [1.54, 1.807) is 0 Å². The van der Waals surface area contributed by atoms with Gasteiger partial charge in [0.05, 0.1) is 6.61 Å². The first-order valence-electron chi connectivity index (χ1n) is 4.80. The zero-order chi connectivity index (χ0) is 13.8. The van der Waals surface area contributed by atoms with Crippen LogP contribution in [0.3, 0.4) is 0 Å². The Kier molecular flexibility index (Phi) is 4.77. The Morgan fingerprint density at radius 3 is 2.38 bits per heavy atom. The standard InChI is InChI=1S/C8H15NO7/c1-4(12)9-8(16,3-11)7(15)6(14)5(13)2-10/h3,5-7,10,13-16H,2H2,1H3,(H,9,12)/t5-,6-,7+,8+/m1/s1/i/hD. The monoisotopic (exact) mass is 238 g/mol. The molecule has 0 radical (unpaired) electrons.